The number of carbonyl (C=O) groups excluding carboxylic acids is 2. The number of nitrogens with one attached hydrogen (secondary N) is 2. The maximum atomic E-state index is 12.5. The molecule has 0 spiro atoms. The van der Waals surface area contributed by atoms with E-state index >= 15 is 0 Å². The quantitative estimate of drug-likeness (QED) is 0.509. The van der Waals surface area contributed by atoms with Crippen LogP contribution in [0.25, 0.3) is 0 Å². The Morgan fingerprint density at radius 1 is 0.821 bits per heavy atom. The molecule has 3 rings (SSSR count). The van der Waals surface area contributed by atoms with Crippen molar-refractivity contribution in [3.63, 3.8) is 0 Å². The van der Waals surface area contributed by atoms with Crippen LogP contribution < -0.4 is 10.6 Å². The van der Waals surface area contributed by atoms with Crippen LogP contribution in [0.1, 0.15) is 26.3 Å². The predicted octanol–water partition coefficient (Wildman–Crippen LogP) is 4.41. The summed E-state index contributed by atoms with van der Waals surface area (Å²) in [5.74, 6) is -0.655. The third-order valence-corrected chi connectivity index (χ3v) is 4.09. The molecule has 2 N–H and O–H groups in total. The smallest absolute Gasteiger partial charge is 0.269 e. The van der Waals surface area contributed by atoms with Crippen LogP contribution in [0.4, 0.5) is 17.1 Å². The molecule has 3 aromatic carbocycles. The first-order valence-electron chi connectivity index (χ1n) is 8.47. The highest BCUT2D eigenvalue weighted by atomic mass is 16.6. The van der Waals surface area contributed by atoms with Crippen LogP contribution in [0.2, 0.25) is 0 Å². The molecule has 0 fully saturated rings. The number of anilines is 2. The third kappa shape index (κ3) is 4.39. The molecule has 0 aliphatic rings. The first-order valence-corrected chi connectivity index (χ1v) is 8.47. The number of hydrogen-bond acceptors (Lipinski definition) is 4. The highest BCUT2D eigenvalue weighted by molar-refractivity contribution is 6.07. The van der Waals surface area contributed by atoms with E-state index in [0.29, 0.717) is 28.1 Å². The lowest BCUT2D eigenvalue weighted by Crippen LogP contribution is -2.15. The zero-order valence-electron chi connectivity index (χ0n) is 15.0. The molecule has 2 amide bonds. The normalized spacial score (nSPS) is 10.2. The fourth-order valence-corrected chi connectivity index (χ4v) is 2.63. The highest BCUT2D eigenvalue weighted by Crippen LogP contribution is 2.22. The van der Waals surface area contributed by atoms with E-state index in [1.54, 1.807) is 55.5 Å². The molecule has 0 saturated heterocycles. The van der Waals surface area contributed by atoms with E-state index in [1.165, 1.54) is 18.2 Å². The van der Waals surface area contributed by atoms with Crippen molar-refractivity contribution >= 4 is 28.9 Å². The zero-order valence-corrected chi connectivity index (χ0v) is 15.0. The Labute approximate surface area is 161 Å². The number of rotatable bonds is 5. The molecule has 7 heteroatoms. The molecule has 0 saturated carbocycles. The van der Waals surface area contributed by atoms with Gasteiger partial charge >= 0.3 is 0 Å². The van der Waals surface area contributed by atoms with E-state index < -0.39 is 4.92 Å². The molecular formula is C21H17N3O4. The van der Waals surface area contributed by atoms with Gasteiger partial charge < -0.3 is 10.6 Å². The molecule has 140 valence electrons. The largest absolute Gasteiger partial charge is 0.322 e. The van der Waals surface area contributed by atoms with Crippen LogP contribution in [0.3, 0.4) is 0 Å². The van der Waals surface area contributed by atoms with Gasteiger partial charge in [-0.3, -0.25) is 19.7 Å². The van der Waals surface area contributed by atoms with Crippen molar-refractivity contribution in [1.82, 2.24) is 0 Å². The molecule has 0 atom stereocenters. The zero-order chi connectivity index (χ0) is 20.1. The summed E-state index contributed by atoms with van der Waals surface area (Å²) in [6.07, 6.45) is 0. The average Bonchev–Trinajstić information content (AvgIpc) is 2.70. The molecule has 28 heavy (non-hydrogen) atoms. The Hall–Kier alpha value is -4.00. The van der Waals surface area contributed by atoms with Gasteiger partial charge in [-0.1, -0.05) is 24.3 Å². The van der Waals surface area contributed by atoms with Crippen LogP contribution in [-0.4, -0.2) is 16.7 Å². The van der Waals surface area contributed by atoms with Crippen molar-refractivity contribution in [3.8, 4) is 0 Å². The molecule has 0 heterocycles. The van der Waals surface area contributed by atoms with Gasteiger partial charge in [0.05, 0.1) is 4.92 Å². The van der Waals surface area contributed by atoms with E-state index in [2.05, 4.69) is 10.6 Å². The van der Waals surface area contributed by atoms with Crippen LogP contribution in [-0.2, 0) is 0 Å². The second kappa shape index (κ2) is 8.13. The van der Waals surface area contributed by atoms with Crippen LogP contribution in [0.5, 0.6) is 0 Å². The standard InChI is InChI=1S/C21H17N3O4/c1-14-12-18(24(27)28)10-11-19(14)23-21(26)16-8-5-9-17(13-16)22-20(25)15-6-3-2-4-7-15/h2-13H,1H3,(H,22,25)(H,23,26). The van der Waals surface area contributed by atoms with Gasteiger partial charge in [0.15, 0.2) is 0 Å². The first-order chi connectivity index (χ1) is 13.4. The van der Waals surface area contributed by atoms with Gasteiger partial charge in [-0.2, -0.15) is 0 Å². The lowest BCUT2D eigenvalue weighted by Gasteiger charge is -2.10. The number of amides is 2. The second-order valence-electron chi connectivity index (χ2n) is 6.11. The van der Waals surface area contributed by atoms with Gasteiger partial charge in [0, 0.05) is 34.6 Å². The average molecular weight is 375 g/mol. The van der Waals surface area contributed by atoms with E-state index in [9.17, 15) is 19.7 Å². The van der Waals surface area contributed by atoms with Crippen LogP contribution in [0.15, 0.2) is 72.8 Å². The number of nitro groups is 1. The van der Waals surface area contributed by atoms with Gasteiger partial charge in [0.1, 0.15) is 0 Å². The molecule has 3 aromatic rings. The minimum Gasteiger partial charge on any atom is -0.322 e. The number of nitro benzene ring substituents is 1. The summed E-state index contributed by atoms with van der Waals surface area (Å²) >= 11 is 0. The van der Waals surface area contributed by atoms with Crippen molar-refractivity contribution in [2.45, 2.75) is 6.92 Å². The summed E-state index contributed by atoms with van der Waals surface area (Å²) in [7, 11) is 0. The molecule has 0 unspecified atom stereocenters. The lowest BCUT2D eigenvalue weighted by atomic mass is 10.1. The third-order valence-electron chi connectivity index (χ3n) is 4.09. The molecule has 0 radical (unpaired) electrons. The maximum absolute atomic E-state index is 12.5. The minimum atomic E-state index is -0.489. The van der Waals surface area contributed by atoms with E-state index in [-0.39, 0.29) is 17.5 Å². The summed E-state index contributed by atoms with van der Waals surface area (Å²) in [5, 5.41) is 16.3. The number of carbonyl (C=O) groups is 2. The topological polar surface area (TPSA) is 101 Å². The Morgan fingerprint density at radius 2 is 1.50 bits per heavy atom. The van der Waals surface area contributed by atoms with Gasteiger partial charge in [-0.25, -0.2) is 0 Å². The Morgan fingerprint density at radius 3 is 2.18 bits per heavy atom. The molecule has 0 bridgehead atoms. The Bertz CT molecular complexity index is 1050. The summed E-state index contributed by atoms with van der Waals surface area (Å²) in [4.78, 5) is 35.1. The van der Waals surface area contributed by atoms with Gasteiger partial charge in [-0.15, -0.1) is 0 Å². The lowest BCUT2D eigenvalue weighted by molar-refractivity contribution is -0.384. The highest BCUT2D eigenvalue weighted by Gasteiger charge is 2.13. The molecule has 0 aliphatic carbocycles. The van der Waals surface area contributed by atoms with Crippen molar-refractivity contribution in [1.29, 1.82) is 0 Å². The summed E-state index contributed by atoms with van der Waals surface area (Å²) < 4.78 is 0. The predicted molar refractivity (Wildman–Crippen MR) is 107 cm³/mol. The second-order valence-corrected chi connectivity index (χ2v) is 6.11. The monoisotopic (exact) mass is 375 g/mol. The van der Waals surface area contributed by atoms with Crippen molar-refractivity contribution in [3.05, 3.63) is 99.6 Å². The van der Waals surface area contributed by atoms with Gasteiger partial charge in [0.2, 0.25) is 0 Å². The fraction of sp³-hybridized carbons (Fsp3) is 0.0476. The molecule has 0 aromatic heterocycles. The summed E-state index contributed by atoms with van der Waals surface area (Å²) in [6, 6.07) is 19.5. The van der Waals surface area contributed by atoms with Crippen molar-refractivity contribution < 1.29 is 14.5 Å². The van der Waals surface area contributed by atoms with Crippen LogP contribution >= 0.6 is 0 Å². The fourth-order valence-electron chi connectivity index (χ4n) is 2.63. The van der Waals surface area contributed by atoms with E-state index in [1.807, 2.05) is 6.07 Å². The maximum Gasteiger partial charge on any atom is 0.269 e. The summed E-state index contributed by atoms with van der Waals surface area (Å²) in [5.41, 5.74) is 2.37. The molecule has 7 nitrogen and oxygen atoms in total. The number of non-ortho nitro benzene ring substituents is 1. The molecule has 0 aliphatic heterocycles. The van der Waals surface area contributed by atoms with E-state index in [4.69, 9.17) is 0 Å². The van der Waals surface area contributed by atoms with Crippen molar-refractivity contribution in [2.24, 2.45) is 0 Å². The number of aryl methyl sites for hydroxylation is 1. The number of nitrogens with zero attached hydrogens (tertiary/aromatic N) is 1. The van der Waals surface area contributed by atoms with Crippen LogP contribution in [0, 0.1) is 17.0 Å². The summed E-state index contributed by atoms with van der Waals surface area (Å²) in [6.45, 7) is 1.68. The Balaban J connectivity index is 1.74. The minimum absolute atomic E-state index is 0.0406. The number of hydrogen-bond donors (Lipinski definition) is 2. The number of benzene rings is 3. The Kier molecular flexibility index (Phi) is 5.45. The van der Waals surface area contributed by atoms with Gasteiger partial charge in [0.25, 0.3) is 17.5 Å². The molecular weight excluding hydrogens is 358 g/mol. The van der Waals surface area contributed by atoms with E-state index in [0.717, 1.165) is 0 Å². The van der Waals surface area contributed by atoms with Gasteiger partial charge in [-0.05, 0) is 48.9 Å². The van der Waals surface area contributed by atoms with Crippen molar-refractivity contribution in [2.75, 3.05) is 10.6 Å². The SMILES string of the molecule is Cc1cc([N+](=O)[O-])ccc1NC(=O)c1cccc(NC(=O)c2ccccc2)c1. The first kappa shape index (κ1) is 18.8.